The molecule has 10 heteroatoms. The molecule has 0 spiro atoms. The van der Waals surface area contributed by atoms with Gasteiger partial charge in [0.15, 0.2) is 16.6 Å². The van der Waals surface area contributed by atoms with Crippen molar-refractivity contribution in [2.45, 2.75) is 26.9 Å². The van der Waals surface area contributed by atoms with Crippen LogP contribution < -0.4 is 14.8 Å². The molecular formula is C24H22Cl2N2O5S. The van der Waals surface area contributed by atoms with Crippen molar-refractivity contribution in [1.29, 1.82) is 0 Å². The van der Waals surface area contributed by atoms with E-state index in [-0.39, 0.29) is 27.3 Å². The smallest absolute Gasteiger partial charge is 0.331 e. The number of hydrogen-bond acceptors (Lipinski definition) is 6. The molecule has 3 rings (SSSR count). The Morgan fingerprint density at radius 2 is 1.88 bits per heavy atom. The lowest BCUT2D eigenvalue weighted by molar-refractivity contribution is -0.132. The fourth-order valence-corrected chi connectivity index (χ4v) is 4.33. The van der Waals surface area contributed by atoms with Gasteiger partial charge in [0.05, 0.1) is 29.0 Å². The highest BCUT2D eigenvalue weighted by Crippen LogP contribution is 2.39. The maximum atomic E-state index is 12.8. The first-order valence-electron chi connectivity index (χ1n) is 10.1. The molecule has 0 fully saturated rings. The summed E-state index contributed by atoms with van der Waals surface area (Å²) in [6.45, 7) is 5.28. The van der Waals surface area contributed by atoms with Gasteiger partial charge in [0, 0.05) is 27.6 Å². The first-order valence-corrected chi connectivity index (χ1v) is 11.8. The Labute approximate surface area is 211 Å². The van der Waals surface area contributed by atoms with Crippen molar-refractivity contribution in [2.24, 2.45) is 0 Å². The summed E-state index contributed by atoms with van der Waals surface area (Å²) in [7, 11) is 1.56. The molecule has 0 saturated heterocycles. The van der Waals surface area contributed by atoms with Crippen molar-refractivity contribution >= 4 is 57.6 Å². The summed E-state index contributed by atoms with van der Waals surface area (Å²) < 4.78 is 11.4. The van der Waals surface area contributed by atoms with Crippen LogP contribution in [0.5, 0.6) is 11.5 Å². The molecule has 34 heavy (non-hydrogen) atoms. The summed E-state index contributed by atoms with van der Waals surface area (Å²) in [5, 5.41) is 14.3. The molecule has 3 aromatic rings. The van der Waals surface area contributed by atoms with Gasteiger partial charge in [-0.1, -0.05) is 29.3 Å². The van der Waals surface area contributed by atoms with E-state index in [1.165, 1.54) is 36.5 Å². The van der Waals surface area contributed by atoms with Crippen LogP contribution in [0, 0.1) is 0 Å². The highest BCUT2D eigenvalue weighted by molar-refractivity contribution is 7.14. The van der Waals surface area contributed by atoms with E-state index in [1.807, 2.05) is 32.0 Å². The van der Waals surface area contributed by atoms with Crippen molar-refractivity contribution < 1.29 is 24.2 Å². The molecule has 0 aliphatic carbocycles. The van der Waals surface area contributed by atoms with E-state index < -0.39 is 11.9 Å². The first-order chi connectivity index (χ1) is 16.1. The number of nitrogens with one attached hydrogen (secondary N) is 1. The zero-order valence-electron chi connectivity index (χ0n) is 18.8. The van der Waals surface area contributed by atoms with Crippen molar-refractivity contribution in [3.05, 3.63) is 62.5 Å². The number of carbonyl (C=O) groups excluding carboxylic acids is 1. The van der Waals surface area contributed by atoms with E-state index in [2.05, 4.69) is 10.3 Å². The highest BCUT2D eigenvalue weighted by atomic mass is 35.5. The molecule has 1 amide bonds. The number of aromatic nitrogens is 1. The van der Waals surface area contributed by atoms with Crippen molar-refractivity contribution in [3.8, 4) is 22.8 Å². The molecule has 178 valence electrons. The number of aliphatic carboxylic acids is 1. The van der Waals surface area contributed by atoms with Crippen LogP contribution in [-0.2, 0) is 4.79 Å². The normalized spacial score (nSPS) is 11.4. The van der Waals surface area contributed by atoms with E-state index >= 15 is 0 Å². The Kier molecular flexibility index (Phi) is 8.19. The third-order valence-corrected chi connectivity index (χ3v) is 5.97. The minimum atomic E-state index is -1.09. The van der Waals surface area contributed by atoms with Crippen LogP contribution in [0.15, 0.2) is 41.3 Å². The number of anilines is 1. The maximum absolute atomic E-state index is 12.8. The van der Waals surface area contributed by atoms with Gasteiger partial charge in [-0.2, -0.15) is 0 Å². The van der Waals surface area contributed by atoms with Crippen LogP contribution in [0.4, 0.5) is 5.13 Å². The van der Waals surface area contributed by atoms with Crippen LogP contribution in [0.3, 0.4) is 0 Å². The summed E-state index contributed by atoms with van der Waals surface area (Å²) in [6, 6.07) is 8.38. The molecule has 0 unspecified atom stereocenters. The highest BCUT2D eigenvalue weighted by Gasteiger charge is 2.18. The Hall–Kier alpha value is -3.07. The predicted molar refractivity (Wildman–Crippen MR) is 136 cm³/mol. The lowest BCUT2D eigenvalue weighted by Crippen LogP contribution is -2.12. The fraction of sp³-hybridized carbons (Fsp3) is 0.208. The molecule has 0 aliphatic heterocycles. The van der Waals surface area contributed by atoms with Gasteiger partial charge in [0.25, 0.3) is 5.91 Å². The van der Waals surface area contributed by atoms with E-state index in [9.17, 15) is 9.59 Å². The van der Waals surface area contributed by atoms with E-state index in [4.69, 9.17) is 37.8 Å². The molecule has 2 N–H and O–H groups in total. The third-order valence-electron chi connectivity index (χ3n) is 4.59. The van der Waals surface area contributed by atoms with Gasteiger partial charge in [0.2, 0.25) is 0 Å². The number of carbonyl (C=O) groups is 2. The van der Waals surface area contributed by atoms with Crippen LogP contribution in [0.1, 0.15) is 36.7 Å². The molecular weight excluding hydrogens is 499 g/mol. The van der Waals surface area contributed by atoms with E-state index in [0.29, 0.717) is 27.9 Å². The Morgan fingerprint density at radius 1 is 1.21 bits per heavy atom. The van der Waals surface area contributed by atoms with Crippen molar-refractivity contribution in [3.63, 3.8) is 0 Å². The largest absolute Gasteiger partial charge is 0.492 e. The molecule has 2 aromatic carbocycles. The first kappa shape index (κ1) is 25.6. The SMILES string of the molecule is COc1c(OC(C)C)cccc1-c1csc(NC(=O)c2cc(Cl)c(C=C(C)C(=O)O)c(Cl)c2)n1. The number of para-hydroxylation sites is 1. The number of hydrogen-bond donors (Lipinski definition) is 2. The van der Waals surface area contributed by atoms with Gasteiger partial charge >= 0.3 is 5.97 Å². The number of methoxy groups -OCH3 is 1. The molecule has 0 atom stereocenters. The average Bonchev–Trinajstić information content (AvgIpc) is 3.23. The number of amides is 1. The second-order valence-electron chi connectivity index (χ2n) is 7.48. The van der Waals surface area contributed by atoms with Crippen LogP contribution in [0.2, 0.25) is 10.0 Å². The van der Waals surface area contributed by atoms with Gasteiger partial charge in [-0.3, -0.25) is 10.1 Å². The number of nitrogens with zero attached hydrogens (tertiary/aromatic N) is 1. The topological polar surface area (TPSA) is 97.8 Å². The summed E-state index contributed by atoms with van der Waals surface area (Å²) in [5.41, 5.74) is 1.95. The molecule has 1 heterocycles. The molecule has 1 aromatic heterocycles. The Bertz CT molecular complexity index is 1250. The number of carboxylic acids is 1. The zero-order valence-corrected chi connectivity index (χ0v) is 21.1. The van der Waals surface area contributed by atoms with Crippen LogP contribution in [0.25, 0.3) is 17.3 Å². The number of carboxylic acid groups (broad SMARTS) is 1. The summed E-state index contributed by atoms with van der Waals surface area (Å²) in [5.74, 6) is -0.395. The quantitative estimate of drug-likeness (QED) is 0.322. The van der Waals surface area contributed by atoms with Gasteiger partial charge in [0.1, 0.15) is 0 Å². The van der Waals surface area contributed by atoms with Gasteiger partial charge in [-0.25, -0.2) is 9.78 Å². The second kappa shape index (κ2) is 10.9. The van der Waals surface area contributed by atoms with Gasteiger partial charge in [-0.15, -0.1) is 11.3 Å². The van der Waals surface area contributed by atoms with Crippen molar-refractivity contribution in [1.82, 2.24) is 4.98 Å². The summed E-state index contributed by atoms with van der Waals surface area (Å²) >= 11 is 13.8. The lowest BCUT2D eigenvalue weighted by Gasteiger charge is -2.15. The summed E-state index contributed by atoms with van der Waals surface area (Å²) in [6.07, 6.45) is 1.33. The minimum absolute atomic E-state index is 0.0250. The zero-order chi connectivity index (χ0) is 25.0. The van der Waals surface area contributed by atoms with Gasteiger partial charge < -0.3 is 14.6 Å². The molecule has 0 bridgehead atoms. The number of rotatable bonds is 8. The van der Waals surface area contributed by atoms with E-state index in [1.54, 1.807) is 12.5 Å². The Balaban J connectivity index is 1.84. The Morgan fingerprint density at radius 3 is 2.47 bits per heavy atom. The van der Waals surface area contributed by atoms with Crippen LogP contribution >= 0.6 is 34.5 Å². The molecule has 0 aliphatic rings. The summed E-state index contributed by atoms with van der Waals surface area (Å²) in [4.78, 5) is 28.4. The third kappa shape index (κ3) is 5.88. The second-order valence-corrected chi connectivity index (χ2v) is 9.15. The molecule has 7 nitrogen and oxygen atoms in total. The number of benzene rings is 2. The maximum Gasteiger partial charge on any atom is 0.331 e. The standard InChI is InChI=1S/C24H22Cl2N2O5S/c1-12(2)33-20-7-5-6-15(21(20)32-4)19-11-34-24(27-19)28-22(29)14-9-17(25)16(18(26)10-14)8-13(3)23(30)31/h5-12H,1-4H3,(H,30,31)(H,27,28,29). The average molecular weight is 521 g/mol. The predicted octanol–water partition coefficient (Wildman–Crippen LogP) is 6.65. The van der Waals surface area contributed by atoms with Crippen molar-refractivity contribution in [2.75, 3.05) is 12.4 Å². The molecule has 0 radical (unpaired) electrons. The van der Waals surface area contributed by atoms with Crippen LogP contribution in [-0.4, -0.2) is 35.2 Å². The number of ether oxygens (including phenoxy) is 2. The number of thiazole rings is 1. The monoisotopic (exact) mass is 520 g/mol. The van der Waals surface area contributed by atoms with Gasteiger partial charge in [-0.05, 0) is 51.1 Å². The molecule has 0 saturated carbocycles. The number of halogens is 2. The minimum Gasteiger partial charge on any atom is -0.492 e. The fourth-order valence-electron chi connectivity index (χ4n) is 3.03. The van der Waals surface area contributed by atoms with E-state index in [0.717, 1.165) is 5.56 Å². The lowest BCUT2D eigenvalue weighted by atomic mass is 10.1.